The molecule has 0 aliphatic heterocycles. The highest BCUT2D eigenvalue weighted by atomic mass is 127. The van der Waals surface area contributed by atoms with Gasteiger partial charge in [-0.15, -0.1) is 24.0 Å². The molecule has 23 heavy (non-hydrogen) atoms. The van der Waals surface area contributed by atoms with Crippen molar-refractivity contribution in [3.63, 3.8) is 0 Å². The fourth-order valence-corrected chi connectivity index (χ4v) is 2.91. The monoisotopic (exact) mass is 431 g/mol. The summed E-state index contributed by atoms with van der Waals surface area (Å²) >= 11 is 0. The third-order valence-electron chi connectivity index (χ3n) is 4.06. The van der Waals surface area contributed by atoms with E-state index in [-0.39, 0.29) is 24.0 Å². The van der Waals surface area contributed by atoms with Crippen molar-refractivity contribution in [2.45, 2.75) is 57.6 Å². The molecule has 5 heteroatoms. The van der Waals surface area contributed by atoms with Crippen molar-refractivity contribution >= 4 is 29.9 Å². The number of aliphatic imine (C=N–C) groups is 1. The lowest BCUT2D eigenvalue weighted by molar-refractivity contribution is 0.183. The van der Waals surface area contributed by atoms with Gasteiger partial charge in [0.15, 0.2) is 5.96 Å². The molecule has 3 N–H and O–H groups in total. The highest BCUT2D eigenvalue weighted by Gasteiger charge is 2.14. The van der Waals surface area contributed by atoms with Gasteiger partial charge in [-0.2, -0.15) is 0 Å². The first kappa shape index (κ1) is 20.2. The van der Waals surface area contributed by atoms with Crippen LogP contribution in [-0.2, 0) is 6.42 Å². The Labute approximate surface area is 157 Å². The van der Waals surface area contributed by atoms with Gasteiger partial charge in [0, 0.05) is 19.0 Å². The zero-order valence-corrected chi connectivity index (χ0v) is 16.3. The van der Waals surface area contributed by atoms with Crippen molar-refractivity contribution in [1.29, 1.82) is 0 Å². The molecule has 1 unspecified atom stereocenters. The molecule has 1 aliphatic rings. The minimum Gasteiger partial charge on any atom is -0.391 e. The molecule has 0 heterocycles. The summed E-state index contributed by atoms with van der Waals surface area (Å²) in [6.45, 7) is 3.34. The predicted molar refractivity (Wildman–Crippen MR) is 108 cm³/mol. The molecule has 1 saturated carbocycles. The maximum absolute atomic E-state index is 10.2. The van der Waals surface area contributed by atoms with Crippen LogP contribution in [-0.4, -0.2) is 36.3 Å². The number of guanidine groups is 1. The van der Waals surface area contributed by atoms with Gasteiger partial charge in [-0.25, -0.2) is 0 Å². The summed E-state index contributed by atoms with van der Waals surface area (Å²) in [6, 6.07) is 10.6. The average molecular weight is 431 g/mol. The van der Waals surface area contributed by atoms with E-state index in [1.165, 1.54) is 32.1 Å². The number of aliphatic hydroxyl groups excluding tert-OH is 1. The normalized spacial score (nSPS) is 17.2. The molecule has 2 rings (SSSR count). The van der Waals surface area contributed by atoms with E-state index in [0.717, 1.165) is 18.1 Å². The van der Waals surface area contributed by atoms with Crippen LogP contribution in [0.2, 0.25) is 0 Å². The van der Waals surface area contributed by atoms with Crippen molar-refractivity contribution < 1.29 is 5.11 Å². The molecule has 1 atom stereocenters. The van der Waals surface area contributed by atoms with E-state index in [2.05, 4.69) is 22.5 Å². The largest absolute Gasteiger partial charge is 0.391 e. The summed E-state index contributed by atoms with van der Waals surface area (Å²) in [5.41, 5.74) is 1.15. The van der Waals surface area contributed by atoms with Gasteiger partial charge in [0.25, 0.3) is 0 Å². The van der Waals surface area contributed by atoms with Crippen LogP contribution in [0, 0.1) is 0 Å². The highest BCUT2D eigenvalue weighted by Crippen LogP contribution is 2.17. The lowest BCUT2D eigenvalue weighted by atomic mass is 9.96. The number of hydrogen-bond donors (Lipinski definition) is 3. The topological polar surface area (TPSA) is 56.7 Å². The van der Waals surface area contributed by atoms with E-state index in [4.69, 9.17) is 0 Å². The van der Waals surface area contributed by atoms with Crippen molar-refractivity contribution in [2.24, 2.45) is 4.99 Å². The van der Waals surface area contributed by atoms with Crippen LogP contribution < -0.4 is 10.6 Å². The second-order valence-electron chi connectivity index (χ2n) is 6.04. The number of halogens is 1. The third kappa shape index (κ3) is 8.01. The number of rotatable bonds is 6. The zero-order valence-electron chi connectivity index (χ0n) is 14.0. The van der Waals surface area contributed by atoms with E-state index in [1.54, 1.807) is 0 Å². The molecule has 0 saturated heterocycles. The van der Waals surface area contributed by atoms with Gasteiger partial charge in [0.05, 0.1) is 12.6 Å². The van der Waals surface area contributed by atoms with Gasteiger partial charge in [0.2, 0.25) is 0 Å². The molecular formula is C18H30IN3O. The first-order chi connectivity index (χ1) is 10.8. The minimum atomic E-state index is -0.441. The SMILES string of the molecule is CCNC(=NCC(O)Cc1ccccc1)NC1CCCCC1.I. The van der Waals surface area contributed by atoms with Crippen LogP contribution in [0.5, 0.6) is 0 Å². The quantitative estimate of drug-likeness (QED) is 0.369. The molecular weight excluding hydrogens is 401 g/mol. The van der Waals surface area contributed by atoms with Gasteiger partial charge >= 0.3 is 0 Å². The molecule has 1 aromatic rings. The summed E-state index contributed by atoms with van der Waals surface area (Å²) in [7, 11) is 0. The van der Waals surface area contributed by atoms with Crippen LogP contribution in [0.4, 0.5) is 0 Å². The Balaban J connectivity index is 0.00000264. The van der Waals surface area contributed by atoms with Crippen LogP contribution in [0.3, 0.4) is 0 Å². The Kier molecular flexibility index (Phi) is 10.3. The van der Waals surface area contributed by atoms with Gasteiger partial charge in [-0.05, 0) is 25.3 Å². The van der Waals surface area contributed by atoms with E-state index in [9.17, 15) is 5.11 Å². The second-order valence-corrected chi connectivity index (χ2v) is 6.04. The lowest BCUT2D eigenvalue weighted by Crippen LogP contribution is -2.44. The third-order valence-corrected chi connectivity index (χ3v) is 4.06. The molecule has 0 amide bonds. The van der Waals surface area contributed by atoms with E-state index in [0.29, 0.717) is 19.0 Å². The molecule has 0 radical (unpaired) electrons. The first-order valence-corrected chi connectivity index (χ1v) is 8.54. The predicted octanol–water partition coefficient (Wildman–Crippen LogP) is 3.10. The number of benzene rings is 1. The Morgan fingerprint density at radius 2 is 1.91 bits per heavy atom. The molecule has 1 fully saturated rings. The summed E-state index contributed by atoms with van der Waals surface area (Å²) in [6.07, 6.45) is 6.59. The Hall–Kier alpha value is -0.820. The fraction of sp³-hybridized carbons (Fsp3) is 0.611. The second kappa shape index (κ2) is 11.7. The number of aliphatic hydroxyl groups is 1. The highest BCUT2D eigenvalue weighted by molar-refractivity contribution is 14.0. The fourth-order valence-electron chi connectivity index (χ4n) is 2.91. The summed E-state index contributed by atoms with van der Waals surface area (Å²) in [5.74, 6) is 0.835. The molecule has 0 aromatic heterocycles. The number of nitrogens with zero attached hydrogens (tertiary/aromatic N) is 1. The maximum Gasteiger partial charge on any atom is 0.191 e. The van der Waals surface area contributed by atoms with E-state index < -0.39 is 6.10 Å². The summed E-state index contributed by atoms with van der Waals surface area (Å²) in [4.78, 5) is 4.55. The maximum atomic E-state index is 10.2. The Morgan fingerprint density at radius 1 is 1.22 bits per heavy atom. The van der Waals surface area contributed by atoms with Crippen LogP contribution in [0.15, 0.2) is 35.3 Å². The van der Waals surface area contributed by atoms with Crippen LogP contribution in [0.1, 0.15) is 44.6 Å². The van der Waals surface area contributed by atoms with Crippen molar-refractivity contribution in [3.05, 3.63) is 35.9 Å². The van der Waals surface area contributed by atoms with Gasteiger partial charge < -0.3 is 15.7 Å². The van der Waals surface area contributed by atoms with E-state index in [1.807, 2.05) is 30.3 Å². The van der Waals surface area contributed by atoms with Crippen molar-refractivity contribution in [1.82, 2.24) is 10.6 Å². The smallest absolute Gasteiger partial charge is 0.191 e. The lowest BCUT2D eigenvalue weighted by Gasteiger charge is -2.25. The van der Waals surface area contributed by atoms with E-state index >= 15 is 0 Å². The zero-order chi connectivity index (χ0) is 15.6. The van der Waals surface area contributed by atoms with Gasteiger partial charge in [-0.3, -0.25) is 4.99 Å². The summed E-state index contributed by atoms with van der Waals surface area (Å²) < 4.78 is 0. The molecule has 0 spiro atoms. The molecule has 0 bridgehead atoms. The van der Waals surface area contributed by atoms with Crippen molar-refractivity contribution in [2.75, 3.05) is 13.1 Å². The number of hydrogen-bond acceptors (Lipinski definition) is 2. The Bertz CT molecular complexity index is 447. The molecule has 4 nitrogen and oxygen atoms in total. The summed E-state index contributed by atoms with van der Waals surface area (Å²) in [5, 5.41) is 16.9. The average Bonchev–Trinajstić information content (AvgIpc) is 2.55. The van der Waals surface area contributed by atoms with Gasteiger partial charge in [0.1, 0.15) is 0 Å². The van der Waals surface area contributed by atoms with Gasteiger partial charge in [-0.1, -0.05) is 49.6 Å². The van der Waals surface area contributed by atoms with Crippen LogP contribution in [0.25, 0.3) is 0 Å². The Morgan fingerprint density at radius 3 is 2.57 bits per heavy atom. The first-order valence-electron chi connectivity index (χ1n) is 8.54. The molecule has 1 aliphatic carbocycles. The molecule has 1 aromatic carbocycles. The van der Waals surface area contributed by atoms with Crippen LogP contribution >= 0.6 is 24.0 Å². The minimum absolute atomic E-state index is 0. The van der Waals surface area contributed by atoms with Crippen molar-refractivity contribution in [3.8, 4) is 0 Å². The number of nitrogens with one attached hydrogen (secondary N) is 2. The molecule has 130 valence electrons. The standard InChI is InChI=1S/C18H29N3O.HI/c1-2-19-18(21-16-11-7-4-8-12-16)20-14-17(22)13-15-9-5-3-6-10-15;/h3,5-6,9-10,16-17,22H,2,4,7-8,11-14H2,1H3,(H2,19,20,21);1H.